The van der Waals surface area contributed by atoms with Crippen LogP contribution < -0.4 is 0 Å². The van der Waals surface area contributed by atoms with Gasteiger partial charge in [-0.15, -0.1) is 0 Å². The second kappa shape index (κ2) is 36.2. The summed E-state index contributed by atoms with van der Waals surface area (Å²) in [5, 5.41) is 0. The van der Waals surface area contributed by atoms with Gasteiger partial charge in [0.05, 0.1) is 52.1 Å². The first kappa shape index (κ1) is 60.5. The third-order valence-electron chi connectivity index (χ3n) is 14.7. The minimum Gasteiger partial charge on any atom is -0.463 e. The van der Waals surface area contributed by atoms with E-state index in [0.717, 1.165) is 47.1 Å². The Morgan fingerprint density at radius 1 is 0.456 bits per heavy atom. The predicted molar refractivity (Wildman–Crippen MR) is 308 cm³/mol. The largest absolute Gasteiger partial charge is 0.508 e. The molecule has 1 saturated carbocycles. The molecule has 7 atom stereocenters. The van der Waals surface area contributed by atoms with E-state index < -0.39 is 48.6 Å². The van der Waals surface area contributed by atoms with Gasteiger partial charge in [0, 0.05) is 24.7 Å². The van der Waals surface area contributed by atoms with E-state index in [4.69, 9.17) is 37.9 Å². The van der Waals surface area contributed by atoms with Crippen molar-refractivity contribution in [3.05, 3.63) is 198 Å². The Morgan fingerprint density at radius 3 is 1.27 bits per heavy atom. The molecule has 0 unspecified atom stereocenters. The lowest BCUT2D eigenvalue weighted by Gasteiger charge is -2.49. The highest BCUT2D eigenvalue weighted by atomic mass is 16.7. The van der Waals surface area contributed by atoms with Crippen LogP contribution in [0.1, 0.15) is 144 Å². The van der Waals surface area contributed by atoms with Gasteiger partial charge < -0.3 is 42.5 Å². The van der Waals surface area contributed by atoms with Gasteiger partial charge in [-0.25, -0.2) is 9.78 Å². The third kappa shape index (κ3) is 22.1. The average molecular weight is 1080 g/mol. The number of rotatable bonds is 38. The van der Waals surface area contributed by atoms with Crippen LogP contribution in [0.2, 0.25) is 0 Å². The number of carbonyl (C=O) groups excluding carboxylic acids is 2. The molecule has 1 aliphatic carbocycles. The summed E-state index contributed by atoms with van der Waals surface area (Å²) in [4.78, 5) is 31.9. The highest BCUT2D eigenvalue weighted by Gasteiger charge is 2.56. The Balaban J connectivity index is 1.06. The van der Waals surface area contributed by atoms with Crippen molar-refractivity contribution < 1.29 is 47.5 Å². The number of ether oxygens (including phenoxy) is 8. The molecule has 0 saturated heterocycles. The Hall–Kier alpha value is -6.15. The van der Waals surface area contributed by atoms with Crippen molar-refractivity contribution in [1.82, 2.24) is 9.55 Å². The number of unbranched alkanes of at least 4 members (excludes halogenated alkanes) is 14. The summed E-state index contributed by atoms with van der Waals surface area (Å²) in [6.07, 6.45) is 18.8. The molecule has 12 heteroatoms. The fraction of sp³-hybridized carbons (Fsp3) is 0.478. The van der Waals surface area contributed by atoms with Crippen molar-refractivity contribution in [2.75, 3.05) is 19.8 Å². The van der Waals surface area contributed by atoms with Crippen molar-refractivity contribution in [2.24, 2.45) is 5.92 Å². The van der Waals surface area contributed by atoms with Gasteiger partial charge in [0.25, 0.3) is 0 Å². The molecule has 5 aromatic carbocycles. The van der Waals surface area contributed by atoms with Gasteiger partial charge in [-0.1, -0.05) is 248 Å². The second-order valence-corrected chi connectivity index (χ2v) is 20.9. The summed E-state index contributed by atoms with van der Waals surface area (Å²) in [5.74, 6) is -0.846. The normalized spacial score (nSPS) is 18.4. The monoisotopic (exact) mass is 1080 g/mol. The second-order valence-electron chi connectivity index (χ2n) is 20.9. The van der Waals surface area contributed by atoms with E-state index in [2.05, 4.69) is 11.9 Å². The van der Waals surface area contributed by atoms with E-state index in [9.17, 15) is 9.59 Å². The fourth-order valence-electron chi connectivity index (χ4n) is 10.2. The first-order valence-corrected chi connectivity index (χ1v) is 29.2. The Bertz CT molecular complexity index is 2490. The van der Waals surface area contributed by atoms with Crippen molar-refractivity contribution >= 4 is 12.1 Å². The molecule has 79 heavy (non-hydrogen) atoms. The molecule has 0 bridgehead atoms. The molecule has 1 heterocycles. The molecule has 1 aliphatic rings. The molecule has 0 N–H and O–H groups in total. The molecule has 7 rings (SSSR count). The Morgan fingerprint density at radius 2 is 0.835 bits per heavy atom. The van der Waals surface area contributed by atoms with Gasteiger partial charge in [0.2, 0.25) is 0 Å². The lowest BCUT2D eigenvalue weighted by molar-refractivity contribution is -0.267. The lowest BCUT2D eigenvalue weighted by atomic mass is 9.77. The molecule has 0 radical (unpaired) electrons. The zero-order valence-corrected chi connectivity index (χ0v) is 46.7. The van der Waals surface area contributed by atoms with Gasteiger partial charge in [-0.2, -0.15) is 0 Å². The van der Waals surface area contributed by atoms with Gasteiger partial charge in [-0.05, 0) is 34.2 Å². The van der Waals surface area contributed by atoms with Crippen LogP contribution in [0.5, 0.6) is 0 Å². The average Bonchev–Trinajstić information content (AvgIpc) is 4.09. The number of carbonyl (C=O) groups is 2. The fourth-order valence-corrected chi connectivity index (χ4v) is 10.2. The van der Waals surface area contributed by atoms with Crippen LogP contribution in [-0.2, 0) is 75.7 Å². The van der Waals surface area contributed by atoms with E-state index >= 15 is 0 Å². The van der Waals surface area contributed by atoms with E-state index in [1.165, 1.54) is 77.0 Å². The van der Waals surface area contributed by atoms with E-state index in [0.29, 0.717) is 13.0 Å². The number of hydrogen-bond donors (Lipinski definition) is 0. The smallest absolute Gasteiger partial charge is 0.463 e. The topological polar surface area (TPSA) is 126 Å². The number of hydrogen-bond acceptors (Lipinski definition) is 11. The number of aromatic nitrogens is 2. The minimum atomic E-state index is -1.10. The van der Waals surface area contributed by atoms with Gasteiger partial charge in [0.1, 0.15) is 37.6 Å². The zero-order chi connectivity index (χ0) is 54.8. The molecule has 6 aromatic rings. The van der Waals surface area contributed by atoms with Crippen LogP contribution in [0.25, 0.3) is 0 Å². The van der Waals surface area contributed by atoms with E-state index in [1.807, 2.05) is 152 Å². The summed E-state index contributed by atoms with van der Waals surface area (Å²) in [6.45, 7) is 3.40. The number of imidazole rings is 1. The Kier molecular flexibility index (Phi) is 27.7. The maximum Gasteiger partial charge on any atom is 0.508 e. The standard InChI is InChI=1S/C67H86N2O10/c1-2-3-4-5-6-7-8-9-10-11-12-13-14-15-31-42-61(70)73-50-59(69-44-43-68-53-69)51-78-67(71)79-66-63(75-47-56-36-25-18-26-37-56)60(52-72-45-54-32-21-16-22-33-54)62(74-46-55-34-23-17-24-35-55)64(76-48-57-38-27-19-28-39-57)65(66)77-49-58-40-29-20-30-41-58/h16-30,32-41,43-44,53,59-60,62-66H,2-15,31,42,45-52H2,1H3/t59-,60-,62-,63-,64+,65-,66-/m1/s1. The maximum atomic E-state index is 14.5. The van der Waals surface area contributed by atoms with Crippen LogP contribution in [0, 0.1) is 5.92 Å². The molecule has 12 nitrogen and oxygen atoms in total. The van der Waals surface area contributed by atoms with Crippen molar-refractivity contribution in [1.29, 1.82) is 0 Å². The van der Waals surface area contributed by atoms with Crippen LogP contribution in [0.3, 0.4) is 0 Å². The molecule has 1 fully saturated rings. The van der Waals surface area contributed by atoms with Crippen molar-refractivity contribution in [3.63, 3.8) is 0 Å². The highest BCUT2D eigenvalue weighted by molar-refractivity contribution is 5.69. The van der Waals surface area contributed by atoms with Gasteiger partial charge >= 0.3 is 12.1 Å². The lowest BCUT2D eigenvalue weighted by Crippen LogP contribution is -2.65. The van der Waals surface area contributed by atoms with Crippen LogP contribution >= 0.6 is 0 Å². The molecule has 1 aromatic heterocycles. The van der Waals surface area contributed by atoms with Gasteiger partial charge in [-0.3, -0.25) is 4.79 Å². The quantitative estimate of drug-likeness (QED) is 0.0272. The van der Waals surface area contributed by atoms with Crippen LogP contribution in [0.4, 0.5) is 4.79 Å². The van der Waals surface area contributed by atoms with Gasteiger partial charge in [0.15, 0.2) is 6.10 Å². The SMILES string of the molecule is CCCCCCCCCCCCCCCCCC(=O)OC[C@H](COC(=O)O[C@H]1[C@H](OCc2ccccc2)[C@@H](OCc2ccccc2)[C@H](OCc2ccccc2)[C@@H](COCc2ccccc2)[C@H]1OCc1ccccc1)n1ccnc1. The Labute approximate surface area is 470 Å². The number of nitrogens with zero attached hydrogens (tertiary/aromatic N) is 2. The molecular formula is C67H86N2O10. The molecule has 0 spiro atoms. The van der Waals surface area contributed by atoms with Crippen LogP contribution in [0.15, 0.2) is 170 Å². The van der Waals surface area contributed by atoms with E-state index in [-0.39, 0.29) is 52.2 Å². The molecule has 424 valence electrons. The first-order chi connectivity index (χ1) is 39.0. The summed E-state index contributed by atoms with van der Waals surface area (Å²) >= 11 is 0. The zero-order valence-electron chi connectivity index (χ0n) is 46.7. The van der Waals surface area contributed by atoms with Crippen LogP contribution in [-0.4, -0.2) is 72.0 Å². The first-order valence-electron chi connectivity index (χ1n) is 29.2. The summed E-state index contributed by atoms with van der Waals surface area (Å²) in [7, 11) is 0. The number of benzene rings is 5. The molecular weight excluding hydrogens is 993 g/mol. The molecule has 0 aliphatic heterocycles. The van der Waals surface area contributed by atoms with Crippen molar-refractivity contribution in [2.45, 2.75) is 179 Å². The predicted octanol–water partition coefficient (Wildman–Crippen LogP) is 14.9. The molecule has 0 amide bonds. The third-order valence-corrected chi connectivity index (χ3v) is 14.7. The number of esters is 1. The minimum absolute atomic E-state index is 0.0209. The van der Waals surface area contributed by atoms with Crippen molar-refractivity contribution in [3.8, 4) is 0 Å². The summed E-state index contributed by atoms with van der Waals surface area (Å²) < 4.78 is 54.9. The van der Waals surface area contributed by atoms with E-state index in [1.54, 1.807) is 23.3 Å². The summed E-state index contributed by atoms with van der Waals surface area (Å²) in [5.41, 5.74) is 4.77. The summed E-state index contributed by atoms with van der Waals surface area (Å²) in [6, 6.07) is 49.1. The highest BCUT2D eigenvalue weighted by Crippen LogP contribution is 2.39. The maximum absolute atomic E-state index is 14.5.